The van der Waals surface area contributed by atoms with E-state index < -0.39 is 179 Å². The summed E-state index contributed by atoms with van der Waals surface area (Å²) in [4.78, 5) is 150. The summed E-state index contributed by atoms with van der Waals surface area (Å²) >= 11 is 0. The van der Waals surface area contributed by atoms with Gasteiger partial charge < -0.3 is 57.2 Å². The number of nitrogens with one attached hydrogen (secondary N) is 4. The quantitative estimate of drug-likeness (QED) is 0.00885. The largest absolute Gasteiger partial charge is 0.455 e. The third-order valence-electron chi connectivity index (χ3n) is 20.8. The zero-order chi connectivity index (χ0) is 71.6. The van der Waals surface area contributed by atoms with E-state index in [0.29, 0.717) is 29.6 Å². The Hall–Kier alpha value is -9.29. The van der Waals surface area contributed by atoms with Crippen LogP contribution in [0.3, 0.4) is 0 Å². The molecule has 4 aliphatic rings. The van der Waals surface area contributed by atoms with Gasteiger partial charge in [-0.3, -0.25) is 43.2 Å². The Kier molecular flexibility index (Phi) is 23.9. The highest BCUT2D eigenvalue weighted by molar-refractivity contribution is 5.98. The molecular formula is C74H88F2N6O16. The van der Waals surface area contributed by atoms with Gasteiger partial charge in [-0.2, -0.15) is 0 Å². The minimum absolute atomic E-state index is 0.0293. The summed E-state index contributed by atoms with van der Waals surface area (Å²) in [6.45, 7) is 12.0. The molecule has 4 aliphatic carbocycles. The molecule has 0 radical (unpaired) electrons. The number of ether oxygens (including phenoxy) is 3. The number of hydrogen-bond donors (Lipinski definition) is 8. The molecule has 3 fully saturated rings. The van der Waals surface area contributed by atoms with Crippen molar-refractivity contribution < 1.29 is 85.9 Å². The van der Waals surface area contributed by atoms with E-state index in [0.717, 1.165) is 24.6 Å². The minimum Gasteiger partial charge on any atom is -0.455 e. The number of carbonyl (C=O) groups is 11. The number of carbonyl (C=O) groups excluding carboxylic acids is 11. The maximum absolute atomic E-state index is 15.5. The number of aliphatic hydroxyl groups excluding tert-OH is 1. The van der Waals surface area contributed by atoms with Crippen LogP contribution in [0.2, 0.25) is 0 Å². The van der Waals surface area contributed by atoms with Crippen molar-refractivity contribution in [2.75, 3.05) is 6.54 Å². The van der Waals surface area contributed by atoms with Crippen LogP contribution in [0.1, 0.15) is 163 Å². The highest BCUT2D eigenvalue weighted by atomic mass is 19.2. The molecule has 0 aromatic heterocycles. The van der Waals surface area contributed by atoms with Crippen LogP contribution in [0.25, 0.3) is 6.08 Å². The first-order valence-electron chi connectivity index (χ1n) is 33.2. The minimum atomic E-state index is -2.12. The lowest BCUT2D eigenvalue weighted by molar-refractivity contribution is -0.265. The number of unbranched alkanes of at least 4 members (excludes halogenated alkanes) is 1. The Bertz CT molecular complexity index is 3740. The second kappa shape index (κ2) is 31.5. The first-order chi connectivity index (χ1) is 46.3. The van der Waals surface area contributed by atoms with Crippen LogP contribution in [0, 0.1) is 51.6 Å². The second-order valence-electron chi connectivity index (χ2n) is 27.4. The Morgan fingerprint density at radius 3 is 2.01 bits per heavy atom. The van der Waals surface area contributed by atoms with Crippen LogP contribution < -0.4 is 32.7 Å². The van der Waals surface area contributed by atoms with Gasteiger partial charge in [0.1, 0.15) is 35.7 Å². The van der Waals surface area contributed by atoms with Crippen LogP contribution in [0.4, 0.5) is 8.78 Å². The van der Waals surface area contributed by atoms with Crippen LogP contribution in [0.15, 0.2) is 126 Å². The number of benzene rings is 4. The van der Waals surface area contributed by atoms with Gasteiger partial charge in [-0.15, -0.1) is 0 Å². The molecule has 6 amide bonds. The van der Waals surface area contributed by atoms with Crippen molar-refractivity contribution in [3.63, 3.8) is 0 Å². The number of aliphatic hydroxyl groups is 2. The molecular weight excluding hydrogens is 1270 g/mol. The van der Waals surface area contributed by atoms with Crippen LogP contribution in [0.5, 0.6) is 0 Å². The number of fused-ring (bicyclic) bond motifs is 5. The van der Waals surface area contributed by atoms with Crippen molar-refractivity contribution in [2.24, 2.45) is 51.4 Å². The molecule has 24 heteroatoms. The van der Waals surface area contributed by atoms with Crippen LogP contribution in [-0.2, 0) is 57.4 Å². The van der Waals surface area contributed by atoms with E-state index in [9.17, 15) is 62.1 Å². The van der Waals surface area contributed by atoms with Gasteiger partial charge in [-0.05, 0) is 142 Å². The molecule has 2 unspecified atom stereocenters. The molecule has 524 valence electrons. The van der Waals surface area contributed by atoms with Crippen molar-refractivity contribution >= 4 is 71.0 Å². The van der Waals surface area contributed by atoms with Gasteiger partial charge in [0.25, 0.3) is 5.91 Å². The zero-order valence-electron chi connectivity index (χ0n) is 56.1. The van der Waals surface area contributed by atoms with Gasteiger partial charge in [0.15, 0.2) is 17.4 Å². The summed E-state index contributed by atoms with van der Waals surface area (Å²) in [5.74, 6) is -13.7. The van der Waals surface area contributed by atoms with E-state index in [1.165, 1.54) is 19.1 Å². The summed E-state index contributed by atoms with van der Waals surface area (Å²) in [6.07, 6.45) is -3.94. The highest BCUT2D eigenvalue weighted by Gasteiger charge is 2.74. The molecule has 8 rings (SSSR count). The molecule has 0 spiro atoms. The number of rotatable bonds is 29. The van der Waals surface area contributed by atoms with E-state index in [1.54, 1.807) is 126 Å². The molecule has 0 heterocycles. The van der Waals surface area contributed by atoms with E-state index in [-0.39, 0.29) is 67.0 Å². The summed E-state index contributed by atoms with van der Waals surface area (Å²) in [5.41, 5.74) is 7.12. The fourth-order valence-electron chi connectivity index (χ4n) is 15.1. The van der Waals surface area contributed by atoms with Crippen LogP contribution in [-0.4, -0.2) is 124 Å². The monoisotopic (exact) mass is 1350 g/mol. The smallest absolute Gasteiger partial charge is 0.350 e. The zero-order valence-corrected chi connectivity index (χ0v) is 56.1. The van der Waals surface area contributed by atoms with Gasteiger partial charge in [-0.25, -0.2) is 18.4 Å². The number of amides is 6. The fraction of sp³-hybridized carbons (Fsp3) is 0.473. The number of Topliss-reactive ketones (excluding diaryl/α,β-unsaturated/α-hetero) is 2. The summed E-state index contributed by atoms with van der Waals surface area (Å²) in [5, 5.41) is 36.6. The predicted molar refractivity (Wildman–Crippen MR) is 354 cm³/mol. The topological polar surface area (TPSA) is 356 Å². The summed E-state index contributed by atoms with van der Waals surface area (Å²) < 4.78 is 46.0. The average molecular weight is 1360 g/mol. The van der Waals surface area contributed by atoms with E-state index in [2.05, 4.69) is 21.3 Å². The lowest BCUT2D eigenvalue weighted by Crippen LogP contribution is -2.74. The van der Waals surface area contributed by atoms with Crippen molar-refractivity contribution in [3.8, 4) is 0 Å². The lowest BCUT2D eigenvalue weighted by atomic mass is 9.37. The average Bonchev–Trinajstić information content (AvgIpc) is 0.674. The number of esters is 3. The van der Waals surface area contributed by atoms with Gasteiger partial charge >= 0.3 is 17.9 Å². The van der Waals surface area contributed by atoms with Crippen molar-refractivity contribution in [1.29, 1.82) is 0 Å². The standard InChI is InChI=1S/C74H88F2N6O16/c1-41-54(40-74(95)65(98-69(93)47-23-15-10-16-24-47)63-72(6)35-34-49(72)39-55(84)73(63,7)64(89)42(2)60(41)71(74,4)5)96-70(94)62(61(45-19-11-8-12-20-45)82-68(92)46-21-13-9-14-22-46)97-59(88)33-32-56(85)79-36-18-17-25-52(67(78)91)81-58(87)31-28-48(66(77)90)38-53(83)43(3)80-57(86)30-27-44-26-29-50(75)51(76)37-44/h8-16,19-24,26-27,29-30,37,42-43,48-49,52,54-55,61-63,65,84,95H,17-18,25,28,31-36,38-40H2,1-7H3,(H2,77,90)(H2,78,91)(H,79,85)(H,80,86)(H,81,87)(H,82,92)/b30-27+/t42-,43?,48-,49-,52?,54+,55+,61-,62-,63-,65+,72-,73-,74-/m1/s1. The molecule has 4 aromatic carbocycles. The first kappa shape index (κ1) is 74.5. The van der Waals surface area contributed by atoms with E-state index in [1.807, 2.05) is 6.92 Å². The first-order valence-corrected chi connectivity index (χ1v) is 33.2. The molecule has 14 atom stereocenters. The highest BCUT2D eigenvalue weighted by Crippen LogP contribution is 2.70. The Morgan fingerprint density at radius 2 is 1.40 bits per heavy atom. The van der Waals surface area contributed by atoms with Gasteiger partial charge in [0.2, 0.25) is 35.6 Å². The Morgan fingerprint density at radius 1 is 0.755 bits per heavy atom. The SMILES string of the molecule is CC1=C2[C@@H](C)C(=O)[C@@]3(C)[C@H]([C@H](OC(=O)c4ccccc4)[C@](O)(C[C@@H]1OC(=O)[C@H](OC(=O)CCC(=O)NCCCCC(NC(=O)CC[C@H](CC(=O)C(C)NC(=O)/C=C/c1ccc(F)c(F)c1)C(N)=O)C(N)=O)[C@H](NC(=O)c1ccccc1)c1ccccc1)C2(C)C)[C@]1(C)CC[C@@H]1C[C@@H]3O. The Balaban J connectivity index is 0.929. The molecule has 10 N–H and O–H groups in total. The lowest BCUT2D eigenvalue weighted by Gasteiger charge is -2.68. The van der Waals surface area contributed by atoms with Gasteiger partial charge in [0, 0.05) is 67.0 Å². The third-order valence-corrected chi connectivity index (χ3v) is 20.8. The van der Waals surface area contributed by atoms with Crippen molar-refractivity contribution in [2.45, 2.75) is 174 Å². The van der Waals surface area contributed by atoms with Gasteiger partial charge in [0.05, 0.1) is 29.5 Å². The molecule has 98 heavy (non-hydrogen) atoms. The number of hydrogen-bond acceptors (Lipinski definition) is 16. The third kappa shape index (κ3) is 16.5. The Labute approximate surface area is 567 Å². The molecule has 0 saturated heterocycles. The molecule has 22 nitrogen and oxygen atoms in total. The van der Waals surface area contributed by atoms with Crippen LogP contribution >= 0.6 is 0 Å². The molecule has 0 aliphatic heterocycles. The molecule has 2 bridgehead atoms. The van der Waals surface area contributed by atoms with Crippen molar-refractivity contribution in [1.82, 2.24) is 21.3 Å². The number of ketones is 2. The summed E-state index contributed by atoms with van der Waals surface area (Å²) in [7, 11) is 0. The molecule has 4 aromatic rings. The van der Waals surface area contributed by atoms with E-state index in [4.69, 9.17) is 25.7 Å². The number of primary amides is 2. The van der Waals surface area contributed by atoms with Crippen molar-refractivity contribution in [3.05, 3.63) is 160 Å². The second-order valence-corrected chi connectivity index (χ2v) is 27.4. The number of nitrogens with two attached hydrogens (primary N) is 2. The van der Waals surface area contributed by atoms with E-state index >= 15 is 9.59 Å². The summed E-state index contributed by atoms with van der Waals surface area (Å²) in [6, 6.07) is 23.8. The number of halogens is 2. The molecule has 3 saturated carbocycles. The maximum atomic E-state index is 15.5. The normalized spacial score (nSPS) is 25.3. The fourth-order valence-corrected chi connectivity index (χ4v) is 15.1. The predicted octanol–water partition coefficient (Wildman–Crippen LogP) is 7.08. The van der Waals surface area contributed by atoms with Gasteiger partial charge in [-0.1, -0.05) is 100 Å². The maximum Gasteiger partial charge on any atom is 0.350 e.